The molecule has 20 heavy (non-hydrogen) atoms. The number of hydrogen-bond donors (Lipinski definition) is 1. The molecule has 0 aliphatic carbocycles. The lowest BCUT2D eigenvalue weighted by atomic mass is 9.87. The van der Waals surface area contributed by atoms with E-state index in [4.69, 9.17) is 0 Å². The first-order valence-electron chi connectivity index (χ1n) is 7.10. The van der Waals surface area contributed by atoms with Crippen LogP contribution in [-0.4, -0.2) is 40.1 Å². The molecule has 2 unspecified atom stereocenters. The first kappa shape index (κ1) is 13.1. The van der Waals surface area contributed by atoms with Crippen LogP contribution in [0.5, 0.6) is 0 Å². The van der Waals surface area contributed by atoms with Crippen molar-refractivity contribution in [2.75, 3.05) is 13.6 Å². The summed E-state index contributed by atoms with van der Waals surface area (Å²) in [4.78, 5) is 26.3. The highest BCUT2D eigenvalue weighted by Crippen LogP contribution is 2.33. The maximum Gasteiger partial charge on any atom is 0.237 e. The van der Waals surface area contributed by atoms with Gasteiger partial charge in [-0.2, -0.15) is 5.10 Å². The Morgan fingerprint density at radius 3 is 3.00 bits per heavy atom. The number of likely N-dealkylation sites (tertiary alicyclic amines) is 1. The molecule has 6 nitrogen and oxygen atoms in total. The van der Waals surface area contributed by atoms with Gasteiger partial charge in [0, 0.05) is 26.3 Å². The van der Waals surface area contributed by atoms with Crippen LogP contribution in [0.3, 0.4) is 0 Å². The molecule has 6 heteroatoms. The van der Waals surface area contributed by atoms with Crippen LogP contribution < -0.4 is 5.32 Å². The molecule has 0 bridgehead atoms. The van der Waals surface area contributed by atoms with Crippen LogP contribution in [-0.2, 0) is 16.1 Å². The first-order valence-corrected chi connectivity index (χ1v) is 7.10. The van der Waals surface area contributed by atoms with Gasteiger partial charge < -0.3 is 10.2 Å². The Morgan fingerprint density at radius 1 is 1.50 bits per heavy atom. The minimum atomic E-state index is -0.920. The van der Waals surface area contributed by atoms with Crippen LogP contribution in [0.1, 0.15) is 37.9 Å². The Hall–Kier alpha value is -1.85. The van der Waals surface area contributed by atoms with Crippen molar-refractivity contribution in [3.63, 3.8) is 0 Å². The third-order valence-corrected chi connectivity index (χ3v) is 4.54. The number of fused-ring (bicyclic) bond motifs is 1. The van der Waals surface area contributed by atoms with Crippen LogP contribution >= 0.6 is 0 Å². The van der Waals surface area contributed by atoms with Crippen LogP contribution in [0.15, 0.2) is 12.3 Å². The lowest BCUT2D eigenvalue weighted by Gasteiger charge is -2.28. The van der Waals surface area contributed by atoms with Gasteiger partial charge in [-0.3, -0.25) is 14.3 Å². The van der Waals surface area contributed by atoms with Crippen molar-refractivity contribution in [2.45, 2.75) is 38.8 Å². The van der Waals surface area contributed by atoms with Gasteiger partial charge in [0.25, 0.3) is 0 Å². The van der Waals surface area contributed by atoms with Gasteiger partial charge in [-0.05, 0) is 32.3 Å². The number of carbonyl (C=O) groups excluding carboxylic acids is 2. The smallest absolute Gasteiger partial charge is 0.237 e. The van der Waals surface area contributed by atoms with E-state index >= 15 is 0 Å². The molecule has 0 radical (unpaired) electrons. The lowest BCUT2D eigenvalue weighted by molar-refractivity contribution is -0.144. The molecule has 2 atom stereocenters. The number of carbonyl (C=O) groups is 2. The Labute approximate surface area is 118 Å². The number of rotatable bonds is 2. The van der Waals surface area contributed by atoms with E-state index in [1.807, 2.05) is 10.7 Å². The van der Waals surface area contributed by atoms with Gasteiger partial charge in [-0.25, -0.2) is 0 Å². The second kappa shape index (κ2) is 4.61. The van der Waals surface area contributed by atoms with Crippen molar-refractivity contribution >= 4 is 11.8 Å². The quantitative estimate of drug-likeness (QED) is 0.809. The van der Waals surface area contributed by atoms with Gasteiger partial charge >= 0.3 is 0 Å². The largest absolute Gasteiger partial charge is 0.347 e. The highest BCUT2D eigenvalue weighted by Gasteiger charge is 2.48. The third-order valence-electron chi connectivity index (χ3n) is 4.54. The summed E-state index contributed by atoms with van der Waals surface area (Å²) < 4.78 is 1.93. The van der Waals surface area contributed by atoms with E-state index in [-0.39, 0.29) is 17.9 Å². The molecule has 0 spiro atoms. The van der Waals surface area contributed by atoms with Crippen molar-refractivity contribution in [1.29, 1.82) is 0 Å². The molecule has 1 N–H and O–H groups in total. The number of nitrogens with one attached hydrogen (secondary N) is 1. The number of aromatic nitrogens is 2. The molecule has 108 valence electrons. The predicted octanol–water partition coefficient (Wildman–Crippen LogP) is 0.703. The van der Waals surface area contributed by atoms with Crippen LogP contribution in [0.25, 0.3) is 0 Å². The zero-order valence-corrected chi connectivity index (χ0v) is 11.9. The maximum atomic E-state index is 12.5. The number of aryl methyl sites for hydroxylation is 1. The Kier molecular flexibility index (Phi) is 3.03. The average Bonchev–Trinajstić information content (AvgIpc) is 3.01. The summed E-state index contributed by atoms with van der Waals surface area (Å²) in [5, 5.41) is 7.29. The van der Waals surface area contributed by atoms with E-state index in [9.17, 15) is 9.59 Å². The van der Waals surface area contributed by atoms with Crippen molar-refractivity contribution in [3.8, 4) is 0 Å². The van der Waals surface area contributed by atoms with Crippen LogP contribution in [0.2, 0.25) is 0 Å². The van der Waals surface area contributed by atoms with Gasteiger partial charge in [0.2, 0.25) is 11.8 Å². The molecular weight excluding hydrogens is 256 g/mol. The minimum absolute atomic E-state index is 0.0331. The van der Waals surface area contributed by atoms with Gasteiger partial charge in [0.15, 0.2) is 0 Å². The molecule has 2 aliphatic heterocycles. The summed E-state index contributed by atoms with van der Waals surface area (Å²) >= 11 is 0. The van der Waals surface area contributed by atoms with E-state index in [0.29, 0.717) is 13.0 Å². The van der Waals surface area contributed by atoms with Crippen LogP contribution in [0, 0.1) is 5.41 Å². The predicted molar refractivity (Wildman–Crippen MR) is 72.7 cm³/mol. The van der Waals surface area contributed by atoms with E-state index in [2.05, 4.69) is 10.4 Å². The van der Waals surface area contributed by atoms with E-state index < -0.39 is 5.41 Å². The fourth-order valence-electron chi connectivity index (χ4n) is 3.11. The fraction of sp³-hybridized carbons (Fsp3) is 0.643. The molecule has 1 aromatic heterocycles. The van der Waals surface area contributed by atoms with Crippen molar-refractivity contribution < 1.29 is 9.59 Å². The highest BCUT2D eigenvalue weighted by atomic mass is 16.2. The summed E-state index contributed by atoms with van der Waals surface area (Å²) in [6.07, 6.45) is 4.23. The number of amides is 2. The molecule has 0 aromatic carbocycles. The number of hydrogen-bond acceptors (Lipinski definition) is 3. The molecular formula is C14H20N4O2. The van der Waals surface area contributed by atoms with Gasteiger partial charge in [0.1, 0.15) is 5.41 Å². The zero-order valence-electron chi connectivity index (χ0n) is 11.9. The summed E-state index contributed by atoms with van der Waals surface area (Å²) in [5.74, 6) is -0.245. The Morgan fingerprint density at radius 2 is 2.30 bits per heavy atom. The molecule has 2 amide bonds. The number of nitrogens with zero attached hydrogens (tertiary/aromatic N) is 3. The lowest BCUT2D eigenvalue weighted by Crippen LogP contribution is -2.46. The molecule has 0 saturated carbocycles. The summed E-state index contributed by atoms with van der Waals surface area (Å²) in [6.45, 7) is 3.29. The monoisotopic (exact) mass is 276 g/mol. The molecule has 2 aliphatic rings. The van der Waals surface area contributed by atoms with E-state index in [1.165, 1.54) is 0 Å². The van der Waals surface area contributed by atoms with Crippen molar-refractivity contribution in [3.05, 3.63) is 18.0 Å². The summed E-state index contributed by atoms with van der Waals surface area (Å²) in [6, 6.07) is 1.91. The summed E-state index contributed by atoms with van der Waals surface area (Å²) in [7, 11) is 1.75. The molecule has 1 saturated heterocycles. The van der Waals surface area contributed by atoms with Crippen molar-refractivity contribution in [1.82, 2.24) is 20.0 Å². The standard InChI is InChI=1S/C14H20N4O2/c1-14(6-9-17(2)13(14)20)12(19)16-10-4-3-8-18-11(10)5-7-15-18/h5,7,10H,3-4,6,8-9H2,1-2H3,(H,16,19). The zero-order chi connectivity index (χ0) is 14.3. The van der Waals surface area contributed by atoms with E-state index in [1.54, 1.807) is 25.1 Å². The highest BCUT2D eigenvalue weighted by molar-refractivity contribution is 6.05. The summed E-state index contributed by atoms with van der Waals surface area (Å²) in [5.41, 5.74) is 0.115. The molecule has 3 rings (SSSR count). The average molecular weight is 276 g/mol. The Balaban J connectivity index is 1.77. The minimum Gasteiger partial charge on any atom is -0.347 e. The van der Waals surface area contributed by atoms with Crippen LogP contribution in [0.4, 0.5) is 0 Å². The second-order valence-corrected chi connectivity index (χ2v) is 5.96. The maximum absolute atomic E-state index is 12.5. The fourth-order valence-corrected chi connectivity index (χ4v) is 3.11. The normalized spacial score (nSPS) is 29.4. The SMILES string of the molecule is CN1CCC(C)(C(=O)NC2CCCn3nccc32)C1=O. The molecule has 1 fully saturated rings. The first-order chi connectivity index (χ1) is 9.52. The topological polar surface area (TPSA) is 67.2 Å². The van der Waals surface area contributed by atoms with Gasteiger partial charge in [-0.15, -0.1) is 0 Å². The molecule has 3 heterocycles. The second-order valence-electron chi connectivity index (χ2n) is 5.96. The van der Waals surface area contributed by atoms with Gasteiger partial charge in [0.05, 0.1) is 11.7 Å². The molecule has 1 aromatic rings. The van der Waals surface area contributed by atoms with E-state index in [0.717, 1.165) is 25.1 Å². The third kappa shape index (κ3) is 1.90. The Bertz CT molecular complexity index is 553. The van der Waals surface area contributed by atoms with Gasteiger partial charge in [-0.1, -0.05) is 0 Å². The van der Waals surface area contributed by atoms with Crippen molar-refractivity contribution in [2.24, 2.45) is 5.41 Å².